The van der Waals surface area contributed by atoms with Crippen LogP contribution in [0.15, 0.2) is 11.0 Å². The van der Waals surface area contributed by atoms with Crippen LogP contribution in [-0.2, 0) is 0 Å². The van der Waals surface area contributed by atoms with Gasteiger partial charge in [-0.05, 0) is 0 Å². The van der Waals surface area contributed by atoms with Crippen molar-refractivity contribution in [3.8, 4) is 6.07 Å². The van der Waals surface area contributed by atoms with Crippen LogP contribution in [0.4, 0.5) is 5.69 Å². The quantitative estimate of drug-likeness (QED) is 0.510. The van der Waals surface area contributed by atoms with Crippen LogP contribution in [0.1, 0.15) is 5.56 Å². The fourth-order valence-electron chi connectivity index (χ4n) is 1.13. The maximum absolute atomic E-state index is 11.2. The molecule has 0 fully saturated rings. The van der Waals surface area contributed by atoms with E-state index >= 15 is 0 Å². The molecule has 2 aromatic heterocycles. The van der Waals surface area contributed by atoms with Crippen LogP contribution in [0.25, 0.3) is 11.0 Å². The average molecular weight is 175 g/mol. The number of nitrogens with one attached hydrogen (secondary N) is 2. The number of hydrogen-bond acceptors (Lipinski definition) is 4. The maximum Gasteiger partial charge on any atom is 0.269 e. The van der Waals surface area contributed by atoms with E-state index in [0.29, 0.717) is 11.0 Å². The topological polar surface area (TPSA) is 111 Å². The summed E-state index contributed by atoms with van der Waals surface area (Å²) in [6, 6.07) is 1.74. The highest BCUT2D eigenvalue weighted by Gasteiger charge is 2.09. The Hall–Kier alpha value is -2.29. The number of pyridine rings is 1. The molecular formula is C7H5N5O. The third kappa shape index (κ3) is 0.873. The summed E-state index contributed by atoms with van der Waals surface area (Å²) in [7, 11) is 0. The third-order valence-electron chi connectivity index (χ3n) is 1.78. The van der Waals surface area contributed by atoms with Gasteiger partial charge in [0.25, 0.3) is 5.56 Å². The minimum atomic E-state index is -0.503. The largest absolute Gasteiger partial charge is 0.397 e. The van der Waals surface area contributed by atoms with Crippen molar-refractivity contribution in [2.45, 2.75) is 0 Å². The number of H-pyrrole nitrogens is 2. The summed E-state index contributed by atoms with van der Waals surface area (Å²) in [5.41, 5.74) is 5.59. The molecule has 0 aliphatic heterocycles. The summed E-state index contributed by atoms with van der Waals surface area (Å²) in [5, 5.41) is 15.4. The van der Waals surface area contributed by atoms with Gasteiger partial charge in [0.15, 0.2) is 0 Å². The van der Waals surface area contributed by atoms with E-state index < -0.39 is 5.56 Å². The second-order valence-electron chi connectivity index (χ2n) is 2.51. The zero-order valence-corrected chi connectivity index (χ0v) is 6.46. The molecule has 2 heterocycles. The van der Waals surface area contributed by atoms with Crippen molar-refractivity contribution in [2.75, 3.05) is 5.73 Å². The molecular weight excluding hydrogens is 170 g/mol. The lowest BCUT2D eigenvalue weighted by Crippen LogP contribution is -2.12. The van der Waals surface area contributed by atoms with E-state index in [2.05, 4.69) is 15.2 Å². The zero-order chi connectivity index (χ0) is 9.42. The third-order valence-corrected chi connectivity index (χ3v) is 1.78. The fraction of sp³-hybridized carbons (Fsp3) is 0. The standard InChI is InChI=1S/C7H5N5O/c8-1-3-5(9)4-2-10-12-6(4)11-7(3)13/h2H,(H4,9,10,11,12,13). The normalized spacial score (nSPS) is 10.1. The van der Waals surface area contributed by atoms with Crippen molar-refractivity contribution in [1.82, 2.24) is 15.2 Å². The summed E-state index contributed by atoms with van der Waals surface area (Å²) in [6.45, 7) is 0. The molecule has 2 aromatic rings. The summed E-state index contributed by atoms with van der Waals surface area (Å²) in [6.07, 6.45) is 1.46. The van der Waals surface area contributed by atoms with Crippen molar-refractivity contribution in [3.63, 3.8) is 0 Å². The highest BCUT2D eigenvalue weighted by atomic mass is 16.1. The molecule has 0 bridgehead atoms. The number of hydrogen-bond donors (Lipinski definition) is 3. The van der Waals surface area contributed by atoms with E-state index in [1.165, 1.54) is 6.20 Å². The molecule has 0 atom stereocenters. The number of aromatic amines is 2. The van der Waals surface area contributed by atoms with Gasteiger partial charge in [-0.1, -0.05) is 0 Å². The van der Waals surface area contributed by atoms with Gasteiger partial charge >= 0.3 is 0 Å². The molecule has 13 heavy (non-hydrogen) atoms. The smallest absolute Gasteiger partial charge is 0.269 e. The Labute approximate surface area is 72.0 Å². The van der Waals surface area contributed by atoms with Gasteiger partial charge in [0.05, 0.1) is 17.3 Å². The molecule has 0 amide bonds. The van der Waals surface area contributed by atoms with Gasteiger partial charge in [-0.25, -0.2) is 0 Å². The fourth-order valence-corrected chi connectivity index (χ4v) is 1.13. The first kappa shape index (κ1) is 7.36. The first-order chi connectivity index (χ1) is 6.24. The van der Waals surface area contributed by atoms with E-state index in [0.717, 1.165) is 0 Å². The van der Waals surface area contributed by atoms with Crippen LogP contribution in [0.2, 0.25) is 0 Å². The lowest BCUT2D eigenvalue weighted by molar-refractivity contribution is 1.09. The van der Waals surface area contributed by atoms with E-state index in [-0.39, 0.29) is 11.3 Å². The highest BCUT2D eigenvalue weighted by Crippen LogP contribution is 2.16. The Morgan fingerprint density at radius 2 is 2.38 bits per heavy atom. The lowest BCUT2D eigenvalue weighted by atomic mass is 10.2. The Bertz CT molecular complexity index is 558. The number of nitrogens with zero attached hydrogens (tertiary/aromatic N) is 2. The molecule has 0 aromatic carbocycles. The van der Waals surface area contributed by atoms with E-state index in [1.807, 2.05) is 0 Å². The number of fused-ring (bicyclic) bond motifs is 1. The maximum atomic E-state index is 11.2. The summed E-state index contributed by atoms with van der Waals surface area (Å²) < 4.78 is 0. The van der Waals surface area contributed by atoms with Crippen molar-refractivity contribution in [1.29, 1.82) is 5.26 Å². The van der Waals surface area contributed by atoms with E-state index in [9.17, 15) is 4.79 Å². The first-order valence-electron chi connectivity index (χ1n) is 3.49. The number of nitriles is 1. The molecule has 0 spiro atoms. The molecule has 6 heteroatoms. The van der Waals surface area contributed by atoms with Gasteiger partial charge < -0.3 is 10.7 Å². The number of anilines is 1. The molecule has 0 unspecified atom stereocenters. The molecule has 0 aliphatic carbocycles. The van der Waals surface area contributed by atoms with Crippen LogP contribution < -0.4 is 11.3 Å². The van der Waals surface area contributed by atoms with Crippen molar-refractivity contribution in [2.24, 2.45) is 0 Å². The van der Waals surface area contributed by atoms with Crippen molar-refractivity contribution in [3.05, 3.63) is 22.1 Å². The van der Waals surface area contributed by atoms with E-state index in [4.69, 9.17) is 11.0 Å². The Balaban J connectivity index is 3.04. The molecule has 6 nitrogen and oxygen atoms in total. The van der Waals surface area contributed by atoms with Crippen molar-refractivity contribution < 1.29 is 0 Å². The van der Waals surface area contributed by atoms with Crippen LogP contribution in [0, 0.1) is 11.3 Å². The minimum Gasteiger partial charge on any atom is -0.397 e. The highest BCUT2D eigenvalue weighted by molar-refractivity contribution is 5.89. The van der Waals surface area contributed by atoms with Crippen molar-refractivity contribution >= 4 is 16.7 Å². The zero-order valence-electron chi connectivity index (χ0n) is 6.46. The van der Waals surface area contributed by atoms with Crippen LogP contribution >= 0.6 is 0 Å². The molecule has 64 valence electrons. The summed E-state index contributed by atoms with van der Waals surface area (Å²) in [5.74, 6) is 0. The van der Waals surface area contributed by atoms with Gasteiger partial charge in [-0.2, -0.15) is 10.4 Å². The molecule has 4 N–H and O–H groups in total. The molecule has 0 aliphatic rings. The molecule has 2 rings (SSSR count). The Kier molecular flexibility index (Phi) is 1.33. The average Bonchev–Trinajstić information content (AvgIpc) is 2.53. The number of rotatable bonds is 0. The number of nitrogen functional groups attached to an aromatic ring is 1. The molecule has 0 radical (unpaired) electrons. The summed E-state index contributed by atoms with van der Waals surface area (Å²) >= 11 is 0. The number of nitrogens with two attached hydrogens (primary N) is 1. The number of aromatic nitrogens is 3. The van der Waals surface area contributed by atoms with Gasteiger partial charge in [0, 0.05) is 0 Å². The monoisotopic (exact) mass is 175 g/mol. The molecule has 0 saturated heterocycles. The predicted octanol–water partition coefficient (Wildman–Crippen LogP) is -0.295. The Morgan fingerprint density at radius 1 is 1.62 bits per heavy atom. The second-order valence-corrected chi connectivity index (χ2v) is 2.51. The van der Waals surface area contributed by atoms with Crippen LogP contribution in [0.3, 0.4) is 0 Å². The lowest BCUT2D eigenvalue weighted by Gasteiger charge is -1.96. The van der Waals surface area contributed by atoms with Crippen LogP contribution in [0.5, 0.6) is 0 Å². The van der Waals surface area contributed by atoms with Gasteiger partial charge in [-0.3, -0.25) is 9.89 Å². The van der Waals surface area contributed by atoms with Gasteiger partial charge in [-0.15, -0.1) is 0 Å². The van der Waals surface area contributed by atoms with Gasteiger partial charge in [0.2, 0.25) is 0 Å². The predicted molar refractivity (Wildman–Crippen MR) is 45.8 cm³/mol. The van der Waals surface area contributed by atoms with Gasteiger partial charge in [0.1, 0.15) is 17.3 Å². The minimum absolute atomic E-state index is 0.0751. The SMILES string of the molecule is N#Cc1c(N)c2cn[nH]c2[nH]c1=O. The van der Waals surface area contributed by atoms with E-state index in [1.54, 1.807) is 6.07 Å². The first-order valence-corrected chi connectivity index (χ1v) is 3.49. The second kappa shape index (κ2) is 2.35. The van der Waals surface area contributed by atoms with Crippen LogP contribution in [-0.4, -0.2) is 15.2 Å². The molecule has 0 saturated carbocycles. The Morgan fingerprint density at radius 3 is 3.08 bits per heavy atom. The summed E-state index contributed by atoms with van der Waals surface area (Å²) in [4.78, 5) is 13.6.